The minimum atomic E-state index is -0.552. The molecular weight excluding hydrogens is 437 g/mol. The molecule has 0 saturated heterocycles. The molecule has 0 aliphatic carbocycles. The van der Waals surface area contributed by atoms with Gasteiger partial charge in [0, 0.05) is 12.1 Å². The van der Waals surface area contributed by atoms with Crippen LogP contribution in [0.3, 0.4) is 0 Å². The SMILES string of the molecule is CCC(=O)Nc1ccc(C(C)NC(=O)c2ccccc2OCC(=O)Nc2ccccc2F)cc1. The molecule has 3 amide bonds. The summed E-state index contributed by atoms with van der Waals surface area (Å²) < 4.78 is 19.3. The Morgan fingerprint density at radius 1 is 0.882 bits per heavy atom. The van der Waals surface area contributed by atoms with Crippen LogP contribution in [0.2, 0.25) is 0 Å². The summed E-state index contributed by atoms with van der Waals surface area (Å²) in [5, 5.41) is 8.12. The van der Waals surface area contributed by atoms with Crippen LogP contribution in [0, 0.1) is 5.82 Å². The molecular formula is C26H26FN3O4. The lowest BCUT2D eigenvalue weighted by Gasteiger charge is -2.17. The van der Waals surface area contributed by atoms with Gasteiger partial charge in [-0.2, -0.15) is 0 Å². The second-order valence-corrected chi connectivity index (χ2v) is 7.53. The Bertz CT molecular complexity index is 1160. The van der Waals surface area contributed by atoms with Gasteiger partial charge in [-0.25, -0.2) is 4.39 Å². The number of hydrogen-bond acceptors (Lipinski definition) is 4. The van der Waals surface area contributed by atoms with E-state index in [0.29, 0.717) is 12.1 Å². The van der Waals surface area contributed by atoms with Crippen LogP contribution in [-0.2, 0) is 9.59 Å². The molecule has 0 saturated carbocycles. The maximum atomic E-state index is 13.7. The molecule has 0 spiro atoms. The van der Waals surface area contributed by atoms with Crippen molar-refractivity contribution in [3.8, 4) is 5.75 Å². The zero-order valence-corrected chi connectivity index (χ0v) is 18.9. The van der Waals surface area contributed by atoms with Crippen LogP contribution in [0.15, 0.2) is 72.8 Å². The van der Waals surface area contributed by atoms with E-state index in [9.17, 15) is 18.8 Å². The highest BCUT2D eigenvalue weighted by Crippen LogP contribution is 2.21. The molecule has 0 bridgehead atoms. The lowest BCUT2D eigenvalue weighted by molar-refractivity contribution is -0.118. The Kier molecular flexibility index (Phi) is 8.34. The Hall–Kier alpha value is -4.20. The maximum absolute atomic E-state index is 13.7. The molecule has 0 aliphatic rings. The van der Waals surface area contributed by atoms with E-state index < -0.39 is 11.7 Å². The normalized spacial score (nSPS) is 11.3. The number of carbonyl (C=O) groups excluding carboxylic acids is 3. The minimum absolute atomic E-state index is 0.0521. The third kappa shape index (κ3) is 6.65. The number of benzene rings is 3. The molecule has 0 fully saturated rings. The average molecular weight is 464 g/mol. The number of hydrogen-bond donors (Lipinski definition) is 3. The summed E-state index contributed by atoms with van der Waals surface area (Å²) >= 11 is 0. The molecule has 1 atom stereocenters. The van der Waals surface area contributed by atoms with Crippen molar-refractivity contribution in [1.29, 1.82) is 0 Å². The van der Waals surface area contributed by atoms with E-state index in [-0.39, 0.29) is 41.5 Å². The molecule has 3 N–H and O–H groups in total. The predicted molar refractivity (Wildman–Crippen MR) is 128 cm³/mol. The zero-order chi connectivity index (χ0) is 24.5. The second-order valence-electron chi connectivity index (χ2n) is 7.53. The highest BCUT2D eigenvalue weighted by Gasteiger charge is 2.17. The molecule has 0 aromatic heterocycles. The summed E-state index contributed by atoms with van der Waals surface area (Å²) in [6, 6.07) is 19.3. The molecule has 176 valence electrons. The third-order valence-corrected chi connectivity index (χ3v) is 5.00. The van der Waals surface area contributed by atoms with Gasteiger partial charge in [-0.1, -0.05) is 43.3 Å². The van der Waals surface area contributed by atoms with Gasteiger partial charge in [0.2, 0.25) is 5.91 Å². The van der Waals surface area contributed by atoms with Crippen LogP contribution < -0.4 is 20.7 Å². The van der Waals surface area contributed by atoms with Gasteiger partial charge in [-0.3, -0.25) is 14.4 Å². The molecule has 34 heavy (non-hydrogen) atoms. The van der Waals surface area contributed by atoms with Crippen LogP contribution >= 0.6 is 0 Å². The number of nitrogens with one attached hydrogen (secondary N) is 3. The number of carbonyl (C=O) groups is 3. The second kappa shape index (κ2) is 11.6. The van der Waals surface area contributed by atoms with Gasteiger partial charge < -0.3 is 20.7 Å². The molecule has 0 radical (unpaired) electrons. The Morgan fingerprint density at radius 3 is 2.26 bits per heavy atom. The minimum Gasteiger partial charge on any atom is -0.483 e. The number of ether oxygens (including phenoxy) is 1. The summed E-state index contributed by atoms with van der Waals surface area (Å²) in [6.07, 6.45) is 0.389. The third-order valence-electron chi connectivity index (χ3n) is 5.00. The van der Waals surface area contributed by atoms with E-state index in [1.165, 1.54) is 18.2 Å². The summed E-state index contributed by atoms with van der Waals surface area (Å²) in [5.41, 5.74) is 1.85. The van der Waals surface area contributed by atoms with Gasteiger partial charge in [-0.05, 0) is 48.9 Å². The molecule has 0 aliphatic heterocycles. The van der Waals surface area contributed by atoms with E-state index >= 15 is 0 Å². The molecule has 0 heterocycles. The van der Waals surface area contributed by atoms with Crippen molar-refractivity contribution in [3.63, 3.8) is 0 Å². The van der Waals surface area contributed by atoms with Gasteiger partial charge >= 0.3 is 0 Å². The smallest absolute Gasteiger partial charge is 0.262 e. The Labute approximate surface area is 197 Å². The van der Waals surface area contributed by atoms with Gasteiger partial charge in [0.1, 0.15) is 11.6 Å². The maximum Gasteiger partial charge on any atom is 0.262 e. The van der Waals surface area contributed by atoms with Crippen LogP contribution in [0.4, 0.5) is 15.8 Å². The average Bonchev–Trinajstić information content (AvgIpc) is 2.84. The van der Waals surface area contributed by atoms with E-state index in [4.69, 9.17) is 4.74 Å². The van der Waals surface area contributed by atoms with Gasteiger partial charge in [0.05, 0.1) is 17.3 Å². The number of amides is 3. The van der Waals surface area contributed by atoms with Gasteiger partial charge in [0.15, 0.2) is 6.61 Å². The first-order chi connectivity index (χ1) is 16.4. The largest absolute Gasteiger partial charge is 0.483 e. The number of rotatable bonds is 9. The number of para-hydroxylation sites is 2. The number of anilines is 2. The first-order valence-corrected chi connectivity index (χ1v) is 10.8. The Balaban J connectivity index is 1.60. The summed E-state index contributed by atoms with van der Waals surface area (Å²) in [6.45, 7) is 3.22. The lowest BCUT2D eigenvalue weighted by atomic mass is 10.1. The van der Waals surface area contributed by atoms with E-state index in [1.54, 1.807) is 49.4 Å². The molecule has 3 rings (SSSR count). The predicted octanol–water partition coefficient (Wildman–Crippen LogP) is 4.68. The first-order valence-electron chi connectivity index (χ1n) is 10.8. The van der Waals surface area contributed by atoms with Crippen LogP contribution in [0.1, 0.15) is 42.2 Å². The standard InChI is InChI=1S/C26H26FN3O4/c1-3-24(31)29-19-14-12-18(13-15-19)17(2)28-26(33)20-8-4-7-11-23(20)34-16-25(32)30-22-10-6-5-9-21(22)27/h4-15,17H,3,16H2,1-2H3,(H,28,33)(H,29,31)(H,30,32). The highest BCUT2D eigenvalue weighted by atomic mass is 19.1. The fourth-order valence-corrected chi connectivity index (χ4v) is 3.13. The fourth-order valence-electron chi connectivity index (χ4n) is 3.13. The summed E-state index contributed by atoms with van der Waals surface area (Å²) in [5.74, 6) is -1.32. The molecule has 3 aromatic rings. The Morgan fingerprint density at radius 2 is 1.56 bits per heavy atom. The van der Waals surface area contributed by atoms with E-state index in [1.807, 2.05) is 19.1 Å². The quantitative estimate of drug-likeness (QED) is 0.429. The van der Waals surface area contributed by atoms with Crippen molar-refractivity contribution in [2.75, 3.05) is 17.2 Å². The molecule has 8 heteroatoms. The molecule has 3 aromatic carbocycles. The highest BCUT2D eigenvalue weighted by molar-refractivity contribution is 5.97. The van der Waals surface area contributed by atoms with Crippen molar-refractivity contribution in [2.24, 2.45) is 0 Å². The van der Waals surface area contributed by atoms with Gasteiger partial charge in [0.25, 0.3) is 11.8 Å². The van der Waals surface area contributed by atoms with Crippen LogP contribution in [-0.4, -0.2) is 24.3 Å². The fraction of sp³-hybridized carbons (Fsp3) is 0.192. The number of halogens is 1. The van der Waals surface area contributed by atoms with Crippen LogP contribution in [0.25, 0.3) is 0 Å². The van der Waals surface area contributed by atoms with Crippen molar-refractivity contribution in [3.05, 3.63) is 89.7 Å². The first kappa shape index (κ1) is 24.4. The topological polar surface area (TPSA) is 96.5 Å². The van der Waals surface area contributed by atoms with Crippen molar-refractivity contribution in [2.45, 2.75) is 26.3 Å². The molecule has 1 unspecified atom stereocenters. The lowest BCUT2D eigenvalue weighted by Crippen LogP contribution is -2.28. The van der Waals surface area contributed by atoms with Crippen LogP contribution in [0.5, 0.6) is 5.75 Å². The van der Waals surface area contributed by atoms with Gasteiger partial charge in [-0.15, -0.1) is 0 Å². The van der Waals surface area contributed by atoms with E-state index in [2.05, 4.69) is 16.0 Å². The molecule has 7 nitrogen and oxygen atoms in total. The monoisotopic (exact) mass is 463 g/mol. The van der Waals surface area contributed by atoms with E-state index in [0.717, 1.165) is 5.56 Å². The summed E-state index contributed by atoms with van der Waals surface area (Å²) in [7, 11) is 0. The van der Waals surface area contributed by atoms with Crippen molar-refractivity contribution >= 4 is 29.1 Å². The van der Waals surface area contributed by atoms with Crippen molar-refractivity contribution < 1.29 is 23.5 Å². The zero-order valence-electron chi connectivity index (χ0n) is 18.9. The van der Waals surface area contributed by atoms with Crippen molar-refractivity contribution in [1.82, 2.24) is 5.32 Å². The summed E-state index contributed by atoms with van der Waals surface area (Å²) in [4.78, 5) is 36.6.